The highest BCUT2D eigenvalue weighted by Gasteiger charge is 2.28. The maximum absolute atomic E-state index is 13.3. The summed E-state index contributed by atoms with van der Waals surface area (Å²) in [5.41, 5.74) is 8.27. The van der Waals surface area contributed by atoms with Gasteiger partial charge in [-0.2, -0.15) is 12.6 Å². The Hall–Kier alpha value is -2.63. The second-order valence-electron chi connectivity index (χ2n) is 10.3. The van der Waals surface area contributed by atoms with Gasteiger partial charge in [-0.3, -0.25) is 19.3 Å². The van der Waals surface area contributed by atoms with E-state index in [1.807, 2.05) is 43.0 Å². The zero-order chi connectivity index (χ0) is 29.9. The van der Waals surface area contributed by atoms with E-state index in [4.69, 9.17) is 22.1 Å². The topological polar surface area (TPSA) is 105 Å². The molecular weight excluding hydrogens is 564 g/mol. The van der Waals surface area contributed by atoms with E-state index in [9.17, 15) is 14.4 Å². The Morgan fingerprint density at radius 3 is 2.24 bits per heavy atom. The van der Waals surface area contributed by atoms with Crippen LogP contribution in [0.25, 0.3) is 0 Å². The number of halogens is 1. The Kier molecular flexibility index (Phi) is 12.9. The van der Waals surface area contributed by atoms with Crippen LogP contribution in [0.2, 0.25) is 5.02 Å². The molecule has 2 atom stereocenters. The molecule has 3 rings (SSSR count). The van der Waals surface area contributed by atoms with Crippen molar-refractivity contribution in [3.8, 4) is 0 Å². The molecule has 41 heavy (non-hydrogen) atoms. The fourth-order valence-electron chi connectivity index (χ4n) is 4.59. The van der Waals surface area contributed by atoms with E-state index in [0.717, 1.165) is 31.1 Å². The maximum Gasteiger partial charge on any atom is 0.322 e. The molecule has 224 valence electrons. The van der Waals surface area contributed by atoms with E-state index < -0.39 is 17.3 Å². The molecule has 9 nitrogen and oxygen atoms in total. The normalized spacial score (nSPS) is 15.4. The maximum atomic E-state index is 13.3. The van der Waals surface area contributed by atoms with Gasteiger partial charge >= 0.3 is 5.97 Å². The molecule has 2 amide bonds. The Morgan fingerprint density at radius 2 is 1.66 bits per heavy atom. The summed E-state index contributed by atoms with van der Waals surface area (Å²) in [4.78, 5) is 44.1. The third kappa shape index (κ3) is 10.0. The number of methoxy groups -OCH3 is 1. The summed E-state index contributed by atoms with van der Waals surface area (Å²) < 4.78 is 10.3. The molecule has 1 aliphatic rings. The molecule has 1 aliphatic heterocycles. The number of nitrogens with two attached hydrogens (primary N) is 1. The zero-order valence-electron chi connectivity index (χ0n) is 24.0. The molecule has 11 heteroatoms. The van der Waals surface area contributed by atoms with E-state index in [0.29, 0.717) is 30.9 Å². The van der Waals surface area contributed by atoms with Crippen molar-refractivity contribution in [2.75, 3.05) is 57.9 Å². The van der Waals surface area contributed by atoms with Crippen molar-refractivity contribution in [2.24, 2.45) is 5.73 Å². The summed E-state index contributed by atoms with van der Waals surface area (Å²) in [5, 5.41) is -0.0833. The predicted molar refractivity (Wildman–Crippen MR) is 165 cm³/mol. The first kappa shape index (κ1) is 32.9. The monoisotopic (exact) mass is 604 g/mol. The van der Waals surface area contributed by atoms with Crippen LogP contribution in [-0.4, -0.2) is 98.0 Å². The van der Waals surface area contributed by atoms with Crippen LogP contribution in [0.3, 0.4) is 0 Å². The van der Waals surface area contributed by atoms with Crippen LogP contribution in [0.1, 0.15) is 36.2 Å². The fourth-order valence-corrected chi connectivity index (χ4v) is 5.09. The summed E-state index contributed by atoms with van der Waals surface area (Å²) in [5.74, 6) is -0.948. The fraction of sp³-hybridized carbons (Fsp3) is 0.500. The first-order valence-corrected chi connectivity index (χ1v) is 14.8. The summed E-state index contributed by atoms with van der Waals surface area (Å²) in [6.45, 7) is 8.30. The second kappa shape index (κ2) is 16.1. The van der Waals surface area contributed by atoms with Gasteiger partial charge in [0.05, 0.1) is 25.1 Å². The smallest absolute Gasteiger partial charge is 0.322 e. The van der Waals surface area contributed by atoms with E-state index in [1.54, 1.807) is 29.2 Å². The quantitative estimate of drug-likeness (QED) is 0.267. The number of anilines is 1. The Balaban J connectivity index is 1.59. The summed E-state index contributed by atoms with van der Waals surface area (Å²) in [7, 11) is 1.25. The number of rotatable bonds is 13. The lowest BCUT2D eigenvalue weighted by molar-refractivity contribution is -0.142. The van der Waals surface area contributed by atoms with Gasteiger partial charge in [0.2, 0.25) is 5.91 Å². The van der Waals surface area contributed by atoms with Crippen LogP contribution >= 0.6 is 24.2 Å². The van der Waals surface area contributed by atoms with Crippen LogP contribution in [0.4, 0.5) is 5.69 Å². The molecule has 0 saturated carbocycles. The molecule has 1 unspecified atom stereocenters. The first-order valence-electron chi connectivity index (χ1n) is 13.9. The van der Waals surface area contributed by atoms with Gasteiger partial charge in [-0.1, -0.05) is 23.7 Å². The second-order valence-corrected chi connectivity index (χ2v) is 11.4. The molecule has 2 aromatic carbocycles. The minimum atomic E-state index is -0.960. The number of hydrogen-bond donors (Lipinski definition) is 2. The largest absolute Gasteiger partial charge is 0.468 e. The van der Waals surface area contributed by atoms with Crippen molar-refractivity contribution in [1.82, 2.24) is 9.80 Å². The van der Waals surface area contributed by atoms with Gasteiger partial charge in [-0.15, -0.1) is 0 Å². The standard InChI is InChI=1S/C30H41ClN4O5S/c1-21(2)40-19-18-35(29(37)27(41)20-26(32)30(38)39-3)25-10-6-23(7-11-25)28(36)34-16-14-33(15-17-34)13-12-22-4-8-24(31)9-5-22/h4-11,21,26-27,41H,12-20,32H2,1-3H3/t26?,27-/m0/s1. The van der Waals surface area contributed by atoms with Crippen molar-refractivity contribution in [1.29, 1.82) is 0 Å². The van der Waals surface area contributed by atoms with Crippen molar-refractivity contribution in [3.63, 3.8) is 0 Å². The number of amides is 2. The third-order valence-electron chi connectivity index (χ3n) is 7.01. The number of hydrogen-bond acceptors (Lipinski definition) is 8. The average molecular weight is 605 g/mol. The van der Waals surface area contributed by atoms with E-state index in [1.165, 1.54) is 12.7 Å². The molecule has 0 aliphatic carbocycles. The molecule has 0 bridgehead atoms. The summed E-state index contributed by atoms with van der Waals surface area (Å²) in [6.07, 6.45) is 0.967. The van der Waals surface area contributed by atoms with E-state index >= 15 is 0 Å². The van der Waals surface area contributed by atoms with E-state index in [-0.39, 0.29) is 30.9 Å². The van der Waals surface area contributed by atoms with Crippen molar-refractivity contribution in [2.45, 2.75) is 44.1 Å². The van der Waals surface area contributed by atoms with Crippen LogP contribution < -0.4 is 10.6 Å². The SMILES string of the molecule is COC(=O)C(N)C[C@H](S)C(=O)N(CCOC(C)C)c1ccc(C(=O)N2CCN(CCc3ccc(Cl)cc3)CC2)cc1. The molecule has 0 spiro atoms. The molecule has 1 fully saturated rings. The molecule has 0 aromatic heterocycles. The van der Waals surface area contributed by atoms with Crippen LogP contribution in [0.5, 0.6) is 0 Å². The van der Waals surface area contributed by atoms with Crippen molar-refractivity contribution >= 4 is 47.7 Å². The molecule has 0 radical (unpaired) electrons. The Bertz CT molecular complexity index is 1140. The highest BCUT2D eigenvalue weighted by atomic mass is 35.5. The van der Waals surface area contributed by atoms with Crippen molar-refractivity contribution in [3.05, 3.63) is 64.7 Å². The molecule has 2 aromatic rings. The minimum absolute atomic E-state index is 0.00407. The van der Waals surface area contributed by atoms with Crippen molar-refractivity contribution < 1.29 is 23.9 Å². The van der Waals surface area contributed by atoms with Gasteiger partial charge in [0, 0.05) is 55.5 Å². The van der Waals surface area contributed by atoms with E-state index in [2.05, 4.69) is 22.3 Å². The van der Waals surface area contributed by atoms with Gasteiger partial charge in [0.15, 0.2) is 0 Å². The molecular formula is C30H41ClN4O5S. The summed E-state index contributed by atoms with van der Waals surface area (Å²) in [6, 6.07) is 13.9. The van der Waals surface area contributed by atoms with Gasteiger partial charge in [0.25, 0.3) is 5.91 Å². The lowest BCUT2D eigenvalue weighted by Crippen LogP contribution is -2.49. The number of piperazine rings is 1. The molecule has 1 heterocycles. The highest BCUT2D eigenvalue weighted by Crippen LogP contribution is 2.21. The Morgan fingerprint density at radius 1 is 1.02 bits per heavy atom. The first-order chi connectivity index (χ1) is 19.6. The highest BCUT2D eigenvalue weighted by molar-refractivity contribution is 7.81. The number of carbonyl (C=O) groups excluding carboxylic acids is 3. The number of nitrogens with zero attached hydrogens (tertiary/aromatic N) is 3. The van der Waals surface area contributed by atoms with Crippen LogP contribution in [0, 0.1) is 0 Å². The number of benzene rings is 2. The number of thiol groups is 1. The zero-order valence-corrected chi connectivity index (χ0v) is 25.7. The van der Waals surface area contributed by atoms with Gasteiger partial charge in [0.1, 0.15) is 6.04 Å². The van der Waals surface area contributed by atoms with Crippen LogP contribution in [-0.2, 0) is 25.5 Å². The van der Waals surface area contributed by atoms with Crippen LogP contribution in [0.15, 0.2) is 48.5 Å². The van der Waals surface area contributed by atoms with Gasteiger partial charge in [-0.25, -0.2) is 0 Å². The lowest BCUT2D eigenvalue weighted by Gasteiger charge is -2.35. The minimum Gasteiger partial charge on any atom is -0.468 e. The average Bonchev–Trinajstić information content (AvgIpc) is 2.98. The lowest BCUT2D eigenvalue weighted by atomic mass is 10.1. The number of esters is 1. The predicted octanol–water partition coefficient (Wildman–Crippen LogP) is 3.29. The molecule has 1 saturated heterocycles. The number of ether oxygens (including phenoxy) is 2. The summed E-state index contributed by atoms with van der Waals surface area (Å²) >= 11 is 10.4. The van der Waals surface area contributed by atoms with Gasteiger partial charge in [-0.05, 0) is 68.7 Å². The van der Waals surface area contributed by atoms with Gasteiger partial charge < -0.3 is 25.0 Å². The third-order valence-corrected chi connectivity index (χ3v) is 7.70. The molecule has 2 N–H and O–H groups in total. The number of carbonyl (C=O) groups is 3. The Labute approximate surface area is 253 Å².